The Labute approximate surface area is 114 Å². The fraction of sp³-hybridized carbons (Fsp3) is 0.533. The molecule has 0 radical (unpaired) electrons. The number of carboxylic acid groups (broad SMARTS) is 1. The standard InChI is InChI=1S/C15H22N2O2/c1-11-5-4-6-12(2)15(11)17-8-7-16(3)13(10-17)9-14(18)19/h4-6,13H,7-10H2,1-3H3,(H,18,19). The zero-order valence-electron chi connectivity index (χ0n) is 11.9. The SMILES string of the molecule is Cc1cccc(C)c1N1CCN(C)C(CC(=O)O)C1. The van der Waals surface area contributed by atoms with E-state index >= 15 is 0 Å². The molecule has 1 aromatic carbocycles. The molecule has 1 atom stereocenters. The van der Waals surface area contributed by atoms with Crippen molar-refractivity contribution in [3.05, 3.63) is 29.3 Å². The number of aliphatic carboxylic acids is 1. The van der Waals surface area contributed by atoms with E-state index in [1.807, 2.05) is 7.05 Å². The molecule has 1 N–H and O–H groups in total. The number of para-hydroxylation sites is 1. The van der Waals surface area contributed by atoms with E-state index in [1.54, 1.807) is 0 Å². The zero-order valence-corrected chi connectivity index (χ0v) is 11.9. The van der Waals surface area contributed by atoms with Gasteiger partial charge in [0.05, 0.1) is 6.42 Å². The molecule has 0 aliphatic carbocycles. The van der Waals surface area contributed by atoms with Crippen molar-refractivity contribution in [2.45, 2.75) is 26.3 Å². The topological polar surface area (TPSA) is 43.8 Å². The summed E-state index contributed by atoms with van der Waals surface area (Å²) in [7, 11) is 2.01. The van der Waals surface area contributed by atoms with Crippen LogP contribution in [0.15, 0.2) is 18.2 Å². The van der Waals surface area contributed by atoms with Gasteiger partial charge in [0.15, 0.2) is 0 Å². The van der Waals surface area contributed by atoms with Crippen LogP contribution in [0.4, 0.5) is 5.69 Å². The third-order valence-corrected chi connectivity index (χ3v) is 3.94. The Bertz CT molecular complexity index is 453. The number of carbonyl (C=O) groups is 1. The minimum Gasteiger partial charge on any atom is -0.481 e. The lowest BCUT2D eigenvalue weighted by molar-refractivity contribution is -0.138. The summed E-state index contributed by atoms with van der Waals surface area (Å²) in [5.74, 6) is -0.722. The number of carboxylic acids is 1. The fourth-order valence-electron chi connectivity index (χ4n) is 2.88. The minimum atomic E-state index is -0.722. The molecule has 0 spiro atoms. The maximum absolute atomic E-state index is 10.9. The van der Waals surface area contributed by atoms with Crippen molar-refractivity contribution in [3.8, 4) is 0 Å². The van der Waals surface area contributed by atoms with Crippen molar-refractivity contribution >= 4 is 11.7 Å². The summed E-state index contributed by atoms with van der Waals surface area (Å²) in [6, 6.07) is 6.39. The van der Waals surface area contributed by atoms with Gasteiger partial charge in [-0.1, -0.05) is 18.2 Å². The van der Waals surface area contributed by atoms with Crippen LogP contribution in [0.25, 0.3) is 0 Å². The van der Waals surface area contributed by atoms with Gasteiger partial charge in [-0.15, -0.1) is 0 Å². The van der Waals surface area contributed by atoms with Crippen LogP contribution >= 0.6 is 0 Å². The Morgan fingerprint density at radius 1 is 1.32 bits per heavy atom. The Morgan fingerprint density at radius 2 is 1.95 bits per heavy atom. The van der Waals surface area contributed by atoms with Gasteiger partial charge in [-0.2, -0.15) is 0 Å². The molecule has 19 heavy (non-hydrogen) atoms. The molecular weight excluding hydrogens is 240 g/mol. The molecule has 0 amide bonds. The first-order chi connectivity index (χ1) is 8.99. The van der Waals surface area contributed by atoms with Crippen molar-refractivity contribution < 1.29 is 9.90 Å². The molecule has 1 fully saturated rings. The third kappa shape index (κ3) is 3.07. The van der Waals surface area contributed by atoms with Crippen molar-refractivity contribution in [1.82, 2.24) is 4.90 Å². The van der Waals surface area contributed by atoms with Crippen LogP contribution in [0.3, 0.4) is 0 Å². The monoisotopic (exact) mass is 262 g/mol. The van der Waals surface area contributed by atoms with Crippen LogP contribution in [-0.4, -0.2) is 48.7 Å². The predicted octanol–water partition coefficient (Wildman–Crippen LogP) is 1.90. The second-order valence-corrected chi connectivity index (χ2v) is 5.42. The van der Waals surface area contributed by atoms with Crippen LogP contribution in [-0.2, 0) is 4.79 Å². The normalized spacial score (nSPS) is 20.6. The quantitative estimate of drug-likeness (QED) is 0.903. The van der Waals surface area contributed by atoms with Crippen LogP contribution in [0, 0.1) is 13.8 Å². The van der Waals surface area contributed by atoms with Gasteiger partial charge in [-0.3, -0.25) is 9.69 Å². The Kier molecular flexibility index (Phi) is 4.10. The highest BCUT2D eigenvalue weighted by Crippen LogP contribution is 2.27. The van der Waals surface area contributed by atoms with Gasteiger partial charge >= 0.3 is 5.97 Å². The minimum absolute atomic E-state index is 0.0882. The van der Waals surface area contributed by atoms with Crippen molar-refractivity contribution in [2.24, 2.45) is 0 Å². The molecule has 4 heteroatoms. The first-order valence-electron chi connectivity index (χ1n) is 6.72. The van der Waals surface area contributed by atoms with E-state index in [0.29, 0.717) is 0 Å². The van der Waals surface area contributed by atoms with E-state index in [1.165, 1.54) is 16.8 Å². The van der Waals surface area contributed by atoms with Gasteiger partial charge in [-0.05, 0) is 32.0 Å². The lowest BCUT2D eigenvalue weighted by Gasteiger charge is -2.41. The number of likely N-dealkylation sites (N-methyl/N-ethyl adjacent to an activating group) is 1. The number of benzene rings is 1. The second kappa shape index (κ2) is 5.61. The molecule has 1 unspecified atom stereocenters. The number of rotatable bonds is 3. The smallest absolute Gasteiger partial charge is 0.305 e. The average Bonchev–Trinajstić information content (AvgIpc) is 2.32. The second-order valence-electron chi connectivity index (χ2n) is 5.42. The molecule has 1 heterocycles. The largest absolute Gasteiger partial charge is 0.481 e. The molecule has 1 aliphatic rings. The van der Waals surface area contributed by atoms with Crippen molar-refractivity contribution in [1.29, 1.82) is 0 Å². The highest BCUT2D eigenvalue weighted by atomic mass is 16.4. The maximum Gasteiger partial charge on any atom is 0.305 e. The van der Waals surface area contributed by atoms with Crippen LogP contribution < -0.4 is 4.90 Å². The van der Waals surface area contributed by atoms with Crippen LogP contribution in [0.5, 0.6) is 0 Å². The third-order valence-electron chi connectivity index (χ3n) is 3.94. The number of piperazine rings is 1. The van der Waals surface area contributed by atoms with Gasteiger partial charge in [0.2, 0.25) is 0 Å². The first kappa shape index (κ1) is 13.9. The van der Waals surface area contributed by atoms with Gasteiger partial charge in [0.1, 0.15) is 0 Å². The predicted molar refractivity (Wildman–Crippen MR) is 76.8 cm³/mol. The average molecular weight is 262 g/mol. The molecule has 2 rings (SSSR count). The highest BCUT2D eigenvalue weighted by molar-refractivity contribution is 5.68. The summed E-state index contributed by atoms with van der Waals surface area (Å²) in [6.07, 6.45) is 0.206. The fourth-order valence-corrected chi connectivity index (χ4v) is 2.88. The number of hydrogen-bond donors (Lipinski definition) is 1. The van der Waals surface area contributed by atoms with Gasteiger partial charge in [0, 0.05) is 31.4 Å². The van der Waals surface area contributed by atoms with E-state index in [9.17, 15) is 4.79 Å². The van der Waals surface area contributed by atoms with Crippen molar-refractivity contribution in [3.63, 3.8) is 0 Å². The van der Waals surface area contributed by atoms with E-state index in [0.717, 1.165) is 19.6 Å². The summed E-state index contributed by atoms with van der Waals surface area (Å²) in [5, 5.41) is 9.00. The molecule has 0 saturated carbocycles. The zero-order chi connectivity index (χ0) is 14.0. The summed E-state index contributed by atoms with van der Waals surface area (Å²) < 4.78 is 0. The summed E-state index contributed by atoms with van der Waals surface area (Å²) in [5.41, 5.74) is 3.79. The van der Waals surface area contributed by atoms with Gasteiger partial charge in [-0.25, -0.2) is 0 Å². The van der Waals surface area contributed by atoms with Crippen LogP contribution in [0.2, 0.25) is 0 Å². The Morgan fingerprint density at radius 3 is 2.53 bits per heavy atom. The summed E-state index contributed by atoms with van der Waals surface area (Å²) >= 11 is 0. The highest BCUT2D eigenvalue weighted by Gasteiger charge is 2.27. The molecule has 1 aliphatic heterocycles. The van der Waals surface area contributed by atoms with Gasteiger partial charge in [0.25, 0.3) is 0 Å². The molecule has 0 aromatic heterocycles. The Hall–Kier alpha value is -1.55. The van der Waals surface area contributed by atoms with E-state index in [4.69, 9.17) is 5.11 Å². The van der Waals surface area contributed by atoms with Gasteiger partial charge < -0.3 is 10.0 Å². The van der Waals surface area contributed by atoms with E-state index in [2.05, 4.69) is 41.8 Å². The summed E-state index contributed by atoms with van der Waals surface area (Å²) in [4.78, 5) is 15.4. The number of aryl methyl sites for hydroxylation is 2. The summed E-state index contributed by atoms with van der Waals surface area (Å²) in [6.45, 7) is 6.89. The van der Waals surface area contributed by atoms with Crippen LogP contribution in [0.1, 0.15) is 17.5 Å². The number of hydrogen-bond acceptors (Lipinski definition) is 3. The van der Waals surface area contributed by atoms with E-state index in [-0.39, 0.29) is 12.5 Å². The molecule has 104 valence electrons. The molecule has 1 aromatic rings. The number of nitrogens with zero attached hydrogens (tertiary/aromatic N) is 2. The lowest BCUT2D eigenvalue weighted by atomic mass is 10.0. The lowest BCUT2D eigenvalue weighted by Crippen LogP contribution is -2.52. The maximum atomic E-state index is 10.9. The molecular formula is C15H22N2O2. The first-order valence-corrected chi connectivity index (χ1v) is 6.72. The van der Waals surface area contributed by atoms with E-state index < -0.39 is 5.97 Å². The Balaban J connectivity index is 2.20. The number of anilines is 1. The van der Waals surface area contributed by atoms with Crippen molar-refractivity contribution in [2.75, 3.05) is 31.6 Å². The molecule has 4 nitrogen and oxygen atoms in total. The molecule has 1 saturated heterocycles. The molecule has 0 bridgehead atoms.